The lowest BCUT2D eigenvalue weighted by Gasteiger charge is -2.12. The first kappa shape index (κ1) is 18.5. The first-order valence-corrected chi connectivity index (χ1v) is 9.54. The minimum atomic E-state index is -0.0960. The molecule has 1 aromatic heterocycles. The minimum Gasteiger partial charge on any atom is -0.288 e. The second kappa shape index (κ2) is 8.01. The molecule has 0 saturated heterocycles. The predicted molar refractivity (Wildman–Crippen MR) is 117 cm³/mol. The van der Waals surface area contributed by atoms with Crippen molar-refractivity contribution in [1.82, 2.24) is 9.55 Å². The summed E-state index contributed by atoms with van der Waals surface area (Å²) in [6.45, 7) is 0.344. The number of benzene rings is 3. The van der Waals surface area contributed by atoms with Gasteiger partial charge in [-0.05, 0) is 47.5 Å². The Labute approximate surface area is 172 Å². The zero-order valence-electron chi connectivity index (χ0n) is 14.8. The smallest absolute Gasteiger partial charge is 0.261 e. The fraction of sp³-hybridized carbons (Fsp3) is 0.0435. The summed E-state index contributed by atoms with van der Waals surface area (Å²) < 4.78 is 1.65. The number of halogens is 2. The lowest BCUT2D eigenvalue weighted by molar-refractivity contribution is 0.738. The van der Waals surface area contributed by atoms with Crippen molar-refractivity contribution in [2.45, 2.75) is 6.54 Å². The van der Waals surface area contributed by atoms with Crippen molar-refractivity contribution in [2.75, 3.05) is 0 Å². The molecule has 3 nitrogen and oxygen atoms in total. The van der Waals surface area contributed by atoms with Crippen LogP contribution in [0.3, 0.4) is 0 Å². The molecule has 0 atom stereocenters. The van der Waals surface area contributed by atoms with Crippen LogP contribution < -0.4 is 5.56 Å². The standard InChI is InChI=1S/C23H16Cl2N2O/c24-18-12-9-16(10-13-18)11-14-22-26-21-8-4-2-6-19(21)23(28)27(22)15-17-5-1-3-7-20(17)25/h1-14H,15H2. The van der Waals surface area contributed by atoms with Gasteiger partial charge >= 0.3 is 0 Å². The molecule has 0 amide bonds. The average Bonchev–Trinajstić information content (AvgIpc) is 2.71. The van der Waals surface area contributed by atoms with Crippen molar-refractivity contribution < 1.29 is 0 Å². The van der Waals surface area contributed by atoms with Gasteiger partial charge in [0.2, 0.25) is 0 Å². The second-order valence-corrected chi connectivity index (χ2v) is 7.20. The Balaban J connectivity index is 1.84. The molecule has 0 saturated carbocycles. The molecule has 4 rings (SSSR count). The van der Waals surface area contributed by atoms with Crippen LogP contribution in [0.25, 0.3) is 23.1 Å². The van der Waals surface area contributed by atoms with E-state index in [2.05, 4.69) is 0 Å². The minimum absolute atomic E-state index is 0.0960. The highest BCUT2D eigenvalue weighted by molar-refractivity contribution is 6.31. The Morgan fingerprint density at radius 3 is 2.36 bits per heavy atom. The van der Waals surface area contributed by atoms with Crippen LogP contribution in [0.15, 0.2) is 77.6 Å². The quantitative estimate of drug-likeness (QED) is 0.421. The van der Waals surface area contributed by atoms with E-state index >= 15 is 0 Å². The molecular weight excluding hydrogens is 391 g/mol. The van der Waals surface area contributed by atoms with Crippen LogP contribution in [0.2, 0.25) is 10.0 Å². The van der Waals surface area contributed by atoms with Gasteiger partial charge in [0.05, 0.1) is 17.4 Å². The van der Waals surface area contributed by atoms with E-state index in [1.54, 1.807) is 10.6 Å². The van der Waals surface area contributed by atoms with Crippen LogP contribution in [0.1, 0.15) is 17.0 Å². The molecule has 4 aromatic rings. The number of fused-ring (bicyclic) bond motifs is 1. The molecule has 0 fully saturated rings. The van der Waals surface area contributed by atoms with Gasteiger partial charge in [-0.1, -0.05) is 71.7 Å². The molecule has 138 valence electrons. The predicted octanol–water partition coefficient (Wildman–Crippen LogP) is 5.92. The Morgan fingerprint density at radius 1 is 0.857 bits per heavy atom. The van der Waals surface area contributed by atoms with Crippen molar-refractivity contribution in [3.8, 4) is 0 Å². The third-order valence-electron chi connectivity index (χ3n) is 4.47. The van der Waals surface area contributed by atoms with Crippen LogP contribution in [0.4, 0.5) is 0 Å². The van der Waals surface area contributed by atoms with Gasteiger partial charge in [0.1, 0.15) is 5.82 Å². The molecule has 0 aliphatic heterocycles. The number of nitrogens with zero attached hydrogens (tertiary/aromatic N) is 2. The zero-order chi connectivity index (χ0) is 19.5. The number of hydrogen-bond acceptors (Lipinski definition) is 2. The summed E-state index contributed by atoms with van der Waals surface area (Å²) in [5, 5.41) is 1.88. The largest absolute Gasteiger partial charge is 0.288 e. The summed E-state index contributed by atoms with van der Waals surface area (Å²) in [5.41, 5.74) is 2.40. The van der Waals surface area contributed by atoms with Gasteiger partial charge < -0.3 is 0 Å². The number of aromatic nitrogens is 2. The summed E-state index contributed by atoms with van der Waals surface area (Å²) in [7, 11) is 0. The molecule has 0 N–H and O–H groups in total. The lowest BCUT2D eigenvalue weighted by Crippen LogP contribution is -2.24. The Kier molecular flexibility index (Phi) is 5.29. The van der Waals surface area contributed by atoms with Gasteiger partial charge in [0.25, 0.3) is 5.56 Å². The van der Waals surface area contributed by atoms with Crippen LogP contribution in [-0.4, -0.2) is 9.55 Å². The van der Waals surface area contributed by atoms with Crippen LogP contribution in [0, 0.1) is 0 Å². The number of hydrogen-bond donors (Lipinski definition) is 0. The zero-order valence-corrected chi connectivity index (χ0v) is 16.4. The molecule has 0 aliphatic rings. The summed E-state index contributed by atoms with van der Waals surface area (Å²) >= 11 is 12.3. The highest BCUT2D eigenvalue weighted by Gasteiger charge is 2.11. The van der Waals surface area contributed by atoms with Crippen molar-refractivity contribution >= 4 is 46.3 Å². The average molecular weight is 407 g/mol. The molecular formula is C23H16Cl2N2O. The van der Waals surface area contributed by atoms with E-state index in [1.807, 2.05) is 78.9 Å². The summed E-state index contributed by atoms with van der Waals surface area (Å²) in [4.78, 5) is 17.9. The monoisotopic (exact) mass is 406 g/mol. The van der Waals surface area contributed by atoms with Crippen LogP contribution in [-0.2, 0) is 6.54 Å². The van der Waals surface area contributed by atoms with E-state index in [0.29, 0.717) is 33.3 Å². The summed E-state index contributed by atoms with van der Waals surface area (Å²) in [5.74, 6) is 0.568. The van der Waals surface area contributed by atoms with Gasteiger partial charge in [-0.15, -0.1) is 0 Å². The highest BCUT2D eigenvalue weighted by atomic mass is 35.5. The Bertz CT molecular complexity index is 1230. The van der Waals surface area contributed by atoms with Crippen LogP contribution in [0.5, 0.6) is 0 Å². The van der Waals surface area contributed by atoms with Crippen molar-refractivity contribution in [2.24, 2.45) is 0 Å². The first-order chi connectivity index (χ1) is 13.6. The van der Waals surface area contributed by atoms with E-state index in [0.717, 1.165) is 11.1 Å². The fourth-order valence-corrected chi connectivity index (χ4v) is 3.33. The molecule has 1 heterocycles. The van der Waals surface area contributed by atoms with Gasteiger partial charge in [-0.3, -0.25) is 9.36 Å². The van der Waals surface area contributed by atoms with Crippen molar-refractivity contribution in [3.05, 3.63) is 110 Å². The van der Waals surface area contributed by atoms with Gasteiger partial charge in [-0.2, -0.15) is 0 Å². The summed E-state index contributed by atoms with van der Waals surface area (Å²) in [6.07, 6.45) is 3.75. The Hall–Kier alpha value is -2.88. The second-order valence-electron chi connectivity index (χ2n) is 6.35. The van der Waals surface area contributed by atoms with E-state index < -0.39 is 0 Å². The molecule has 0 spiro atoms. The topological polar surface area (TPSA) is 34.9 Å². The van der Waals surface area contributed by atoms with Gasteiger partial charge in [0.15, 0.2) is 0 Å². The molecule has 0 unspecified atom stereocenters. The molecule has 5 heteroatoms. The number of para-hydroxylation sites is 1. The van der Waals surface area contributed by atoms with Crippen LogP contribution >= 0.6 is 23.2 Å². The van der Waals surface area contributed by atoms with Gasteiger partial charge in [-0.25, -0.2) is 4.98 Å². The molecule has 0 bridgehead atoms. The third kappa shape index (κ3) is 3.86. The Morgan fingerprint density at radius 2 is 1.57 bits per heavy atom. The van der Waals surface area contributed by atoms with E-state index in [1.165, 1.54) is 0 Å². The van der Waals surface area contributed by atoms with E-state index in [9.17, 15) is 4.79 Å². The molecule has 0 aliphatic carbocycles. The molecule has 3 aromatic carbocycles. The molecule has 0 radical (unpaired) electrons. The third-order valence-corrected chi connectivity index (χ3v) is 5.09. The maximum absolute atomic E-state index is 13.1. The fourth-order valence-electron chi connectivity index (χ4n) is 3.01. The van der Waals surface area contributed by atoms with E-state index in [4.69, 9.17) is 28.2 Å². The maximum atomic E-state index is 13.1. The van der Waals surface area contributed by atoms with E-state index in [-0.39, 0.29) is 5.56 Å². The van der Waals surface area contributed by atoms with Crippen molar-refractivity contribution in [3.63, 3.8) is 0 Å². The SMILES string of the molecule is O=c1c2ccccc2nc(C=Cc2ccc(Cl)cc2)n1Cc1ccccc1Cl. The number of rotatable bonds is 4. The maximum Gasteiger partial charge on any atom is 0.261 e. The summed E-state index contributed by atoms with van der Waals surface area (Å²) in [6, 6.07) is 22.3. The molecule has 28 heavy (non-hydrogen) atoms. The first-order valence-electron chi connectivity index (χ1n) is 8.78. The normalized spacial score (nSPS) is 11.4. The van der Waals surface area contributed by atoms with Gasteiger partial charge in [0, 0.05) is 10.0 Å². The highest BCUT2D eigenvalue weighted by Crippen LogP contribution is 2.18. The van der Waals surface area contributed by atoms with Crippen molar-refractivity contribution in [1.29, 1.82) is 0 Å². The lowest BCUT2D eigenvalue weighted by atomic mass is 10.2.